The molecule has 4 rings (SSSR count). The van der Waals surface area contributed by atoms with Gasteiger partial charge < -0.3 is 15.8 Å². The number of nitrogens with two attached hydrogens (primary N) is 1. The fourth-order valence-corrected chi connectivity index (χ4v) is 5.01. The second-order valence-corrected chi connectivity index (χ2v) is 11.0. The maximum Gasteiger partial charge on any atom is 0.340 e. The first kappa shape index (κ1) is 26.9. The molecule has 2 aromatic carbocycles. The van der Waals surface area contributed by atoms with Crippen LogP contribution in [0, 0.1) is 5.82 Å². The summed E-state index contributed by atoms with van der Waals surface area (Å²) in [4.78, 5) is 32.3. The molecule has 2 aromatic heterocycles. The summed E-state index contributed by atoms with van der Waals surface area (Å²) in [5.41, 5.74) is 7.60. The van der Waals surface area contributed by atoms with Crippen LogP contribution in [0.5, 0.6) is 0 Å². The number of carbonyl (C=O) groups is 2. The summed E-state index contributed by atoms with van der Waals surface area (Å²) in [6.07, 6.45) is 3.18. The van der Waals surface area contributed by atoms with Crippen molar-refractivity contribution in [1.82, 2.24) is 9.97 Å². The first-order valence-electron chi connectivity index (χ1n) is 11.2. The molecule has 0 bridgehead atoms. The summed E-state index contributed by atoms with van der Waals surface area (Å²) in [6, 6.07) is 9.82. The molecule has 0 radical (unpaired) electrons. The highest BCUT2D eigenvalue weighted by molar-refractivity contribution is 6.42. The normalized spacial score (nSPS) is 13.5. The molecule has 37 heavy (non-hydrogen) atoms. The molecule has 6 nitrogen and oxygen atoms in total. The molecular formula is C27H23Cl3FN3O3. The van der Waals surface area contributed by atoms with Crippen molar-refractivity contribution in [2.75, 3.05) is 0 Å². The zero-order valence-corrected chi connectivity index (χ0v) is 22.3. The number of aromatic carboxylic acids is 1. The first-order chi connectivity index (χ1) is 17.3. The second kappa shape index (κ2) is 9.97. The van der Waals surface area contributed by atoms with Crippen molar-refractivity contribution in [2.45, 2.75) is 38.0 Å². The number of rotatable bonds is 6. The zero-order chi connectivity index (χ0) is 27.2. The number of primary amides is 1. The Morgan fingerprint density at radius 3 is 2.24 bits per heavy atom. The van der Waals surface area contributed by atoms with Crippen molar-refractivity contribution in [3.05, 3.63) is 97.6 Å². The number of benzene rings is 2. The maximum atomic E-state index is 14.7. The summed E-state index contributed by atoms with van der Waals surface area (Å²) in [6.45, 7) is 6.08. The molecule has 0 aliphatic rings. The van der Waals surface area contributed by atoms with Crippen LogP contribution in [0.1, 0.15) is 65.3 Å². The third-order valence-corrected chi connectivity index (χ3v) is 7.32. The van der Waals surface area contributed by atoms with Crippen molar-refractivity contribution in [1.29, 1.82) is 0 Å². The topological polar surface area (TPSA) is 109 Å². The van der Waals surface area contributed by atoms with E-state index >= 15 is 0 Å². The van der Waals surface area contributed by atoms with Gasteiger partial charge in [0.2, 0.25) is 5.91 Å². The highest BCUT2D eigenvalue weighted by Crippen LogP contribution is 2.44. The minimum atomic E-state index is -1.48. The van der Waals surface area contributed by atoms with Crippen molar-refractivity contribution < 1.29 is 19.1 Å². The molecule has 2 heterocycles. The predicted octanol–water partition coefficient (Wildman–Crippen LogP) is 7.06. The largest absolute Gasteiger partial charge is 0.478 e. The molecule has 10 heteroatoms. The van der Waals surface area contributed by atoms with Crippen molar-refractivity contribution in [2.24, 2.45) is 5.73 Å². The van der Waals surface area contributed by atoms with Gasteiger partial charge in [0, 0.05) is 34.8 Å². The van der Waals surface area contributed by atoms with E-state index in [1.807, 2.05) is 32.9 Å². The number of carboxylic acid groups (broad SMARTS) is 1. The molecule has 2 unspecified atom stereocenters. The van der Waals surface area contributed by atoms with Gasteiger partial charge >= 0.3 is 5.97 Å². The lowest BCUT2D eigenvalue weighted by molar-refractivity contribution is -0.119. The first-order valence-corrected chi connectivity index (χ1v) is 12.4. The van der Waals surface area contributed by atoms with Crippen molar-refractivity contribution in [3.8, 4) is 0 Å². The Morgan fingerprint density at radius 1 is 1.03 bits per heavy atom. The molecule has 0 aliphatic carbocycles. The Balaban J connectivity index is 2.03. The SMILES string of the molecule is CC(C)(C)c1ccc(C(c2c[nH]c3c(C(=O)O)c(F)c(Cl)cc23)C(C(N)=O)c2ccc(Cl)c(Cl)c2)cn1. The van der Waals surface area contributed by atoms with E-state index in [1.165, 1.54) is 12.3 Å². The highest BCUT2D eigenvalue weighted by atomic mass is 35.5. The van der Waals surface area contributed by atoms with Crippen LogP contribution in [-0.2, 0) is 10.2 Å². The van der Waals surface area contributed by atoms with Gasteiger partial charge in [-0.15, -0.1) is 0 Å². The molecule has 0 aliphatic heterocycles. The smallest absolute Gasteiger partial charge is 0.340 e. The Labute approximate surface area is 227 Å². The Morgan fingerprint density at radius 2 is 1.70 bits per heavy atom. The Kier molecular flexibility index (Phi) is 7.25. The van der Waals surface area contributed by atoms with Crippen molar-refractivity contribution >= 4 is 57.6 Å². The van der Waals surface area contributed by atoms with Gasteiger partial charge in [-0.2, -0.15) is 0 Å². The lowest BCUT2D eigenvalue weighted by Crippen LogP contribution is -2.28. The summed E-state index contributed by atoms with van der Waals surface area (Å²) in [5, 5.41) is 10.2. The summed E-state index contributed by atoms with van der Waals surface area (Å²) in [5.74, 6) is -4.92. The van der Waals surface area contributed by atoms with Gasteiger partial charge in [-0.3, -0.25) is 9.78 Å². The van der Waals surface area contributed by atoms with Crippen LogP contribution in [0.4, 0.5) is 4.39 Å². The number of nitrogens with one attached hydrogen (secondary N) is 1. The third-order valence-electron chi connectivity index (χ3n) is 6.31. The molecule has 0 fully saturated rings. The fourth-order valence-electron chi connectivity index (χ4n) is 4.50. The maximum absolute atomic E-state index is 14.7. The number of halogens is 4. The Hall–Kier alpha value is -3.13. The number of pyridine rings is 1. The minimum Gasteiger partial charge on any atom is -0.478 e. The molecule has 4 N–H and O–H groups in total. The molecule has 1 amide bonds. The van der Waals surface area contributed by atoms with Crippen LogP contribution in [0.2, 0.25) is 15.1 Å². The number of carbonyl (C=O) groups excluding carboxylic acids is 1. The van der Waals surface area contributed by atoms with Gasteiger partial charge in [0.1, 0.15) is 5.56 Å². The van der Waals surface area contributed by atoms with E-state index in [0.29, 0.717) is 27.1 Å². The number of carboxylic acids is 1. The number of hydrogen-bond acceptors (Lipinski definition) is 3. The minimum absolute atomic E-state index is 0.0334. The number of aromatic amines is 1. The monoisotopic (exact) mass is 561 g/mol. The van der Waals surface area contributed by atoms with E-state index in [1.54, 1.807) is 24.4 Å². The number of amides is 1. The van der Waals surface area contributed by atoms with Crippen molar-refractivity contribution in [3.63, 3.8) is 0 Å². The zero-order valence-electron chi connectivity index (χ0n) is 20.1. The number of aromatic nitrogens is 2. The summed E-state index contributed by atoms with van der Waals surface area (Å²) in [7, 11) is 0. The number of hydrogen-bond donors (Lipinski definition) is 3. The fraction of sp³-hybridized carbons (Fsp3) is 0.222. The van der Waals surface area contributed by atoms with Crippen LogP contribution in [0.15, 0.2) is 48.8 Å². The van der Waals surface area contributed by atoms with E-state index in [9.17, 15) is 19.1 Å². The molecule has 192 valence electrons. The van der Waals surface area contributed by atoms with Crippen LogP contribution in [0.3, 0.4) is 0 Å². The molecular weight excluding hydrogens is 540 g/mol. The van der Waals surface area contributed by atoms with Crippen LogP contribution in [-0.4, -0.2) is 27.0 Å². The van der Waals surface area contributed by atoms with Crippen LogP contribution >= 0.6 is 34.8 Å². The third kappa shape index (κ3) is 5.04. The van der Waals surface area contributed by atoms with E-state index in [2.05, 4.69) is 9.97 Å². The molecule has 0 saturated carbocycles. The number of fused-ring (bicyclic) bond motifs is 1. The van der Waals surface area contributed by atoms with Gasteiger partial charge in [0.05, 0.1) is 26.5 Å². The predicted molar refractivity (Wildman–Crippen MR) is 143 cm³/mol. The Bertz CT molecular complexity index is 1530. The van der Waals surface area contributed by atoms with Crippen LogP contribution < -0.4 is 5.73 Å². The second-order valence-electron chi connectivity index (χ2n) is 9.78. The van der Waals surface area contributed by atoms with Gasteiger partial charge in [0.15, 0.2) is 5.82 Å². The quantitative estimate of drug-likeness (QED) is 0.234. The van der Waals surface area contributed by atoms with Gasteiger partial charge in [-0.1, -0.05) is 67.7 Å². The highest BCUT2D eigenvalue weighted by Gasteiger charge is 2.35. The molecule has 2 atom stereocenters. The van der Waals surface area contributed by atoms with E-state index in [4.69, 9.17) is 40.5 Å². The molecule has 0 saturated heterocycles. The van der Waals surface area contributed by atoms with E-state index in [0.717, 1.165) is 5.69 Å². The van der Waals surface area contributed by atoms with Gasteiger partial charge in [0.25, 0.3) is 0 Å². The average Bonchev–Trinajstić information content (AvgIpc) is 3.21. The van der Waals surface area contributed by atoms with E-state index in [-0.39, 0.29) is 21.0 Å². The summed E-state index contributed by atoms with van der Waals surface area (Å²) >= 11 is 18.5. The average molecular weight is 563 g/mol. The number of nitrogens with zero attached hydrogens (tertiary/aromatic N) is 1. The lowest BCUT2D eigenvalue weighted by atomic mass is 9.76. The van der Waals surface area contributed by atoms with Crippen LogP contribution in [0.25, 0.3) is 10.9 Å². The lowest BCUT2D eigenvalue weighted by Gasteiger charge is -2.27. The standard InChI is InChI=1S/C27H23Cl3FN3O3/c1-27(2,3)19-7-5-13(10-33-19)20(21(25(32)35)12-4-6-16(28)17(29)8-12)15-11-34-24-14(15)9-18(30)23(31)22(24)26(36)37/h4-11,20-21,34H,1-3H3,(H2,32,35)(H,36,37). The summed E-state index contributed by atoms with van der Waals surface area (Å²) < 4.78 is 14.7. The van der Waals surface area contributed by atoms with Gasteiger partial charge in [-0.05, 0) is 41.0 Å². The van der Waals surface area contributed by atoms with E-state index < -0.39 is 35.1 Å². The molecule has 0 spiro atoms. The van der Waals surface area contributed by atoms with Gasteiger partial charge in [-0.25, -0.2) is 9.18 Å². The molecule has 4 aromatic rings. The number of H-pyrrole nitrogens is 1.